The topological polar surface area (TPSA) is 67.9 Å². The maximum atomic E-state index is 12.7. The Bertz CT molecular complexity index is 867. The molecule has 1 unspecified atom stereocenters. The molecule has 2 amide bonds. The Labute approximate surface area is 178 Å². The van der Waals surface area contributed by atoms with Crippen LogP contribution < -0.4 is 10.1 Å². The van der Waals surface area contributed by atoms with E-state index in [0.29, 0.717) is 43.5 Å². The molecule has 1 fully saturated rings. The van der Waals surface area contributed by atoms with Gasteiger partial charge in [0.05, 0.1) is 19.3 Å². The number of likely N-dealkylation sites (tertiary alicyclic amines) is 1. The molecule has 6 nitrogen and oxygen atoms in total. The van der Waals surface area contributed by atoms with E-state index < -0.39 is 0 Å². The Morgan fingerprint density at radius 2 is 1.90 bits per heavy atom. The van der Waals surface area contributed by atoms with Gasteiger partial charge < -0.3 is 19.7 Å². The van der Waals surface area contributed by atoms with E-state index in [2.05, 4.69) is 5.32 Å². The molecule has 2 aromatic rings. The number of benzene rings is 2. The van der Waals surface area contributed by atoms with E-state index in [1.807, 2.05) is 56.3 Å². The summed E-state index contributed by atoms with van der Waals surface area (Å²) in [5, 5.41) is 2.99. The lowest BCUT2D eigenvalue weighted by molar-refractivity contribution is 0.0940. The fourth-order valence-corrected chi connectivity index (χ4v) is 3.52. The van der Waals surface area contributed by atoms with Crippen molar-refractivity contribution in [2.75, 3.05) is 33.4 Å². The molecule has 3 rings (SSSR count). The van der Waals surface area contributed by atoms with Gasteiger partial charge in [0.1, 0.15) is 5.75 Å². The van der Waals surface area contributed by atoms with Crippen LogP contribution in [0, 0.1) is 11.8 Å². The van der Waals surface area contributed by atoms with Crippen LogP contribution in [0.2, 0.25) is 0 Å². The zero-order valence-corrected chi connectivity index (χ0v) is 17.9. The van der Waals surface area contributed by atoms with Crippen molar-refractivity contribution < 1.29 is 19.1 Å². The highest BCUT2D eigenvalue weighted by Crippen LogP contribution is 2.27. The summed E-state index contributed by atoms with van der Waals surface area (Å²) < 4.78 is 10.8. The van der Waals surface area contributed by atoms with Crippen LogP contribution in [-0.2, 0) is 4.74 Å². The van der Waals surface area contributed by atoms with Crippen LogP contribution in [0.5, 0.6) is 5.75 Å². The van der Waals surface area contributed by atoms with Crippen LogP contribution in [0.1, 0.15) is 30.6 Å². The van der Waals surface area contributed by atoms with Gasteiger partial charge >= 0.3 is 6.09 Å². The van der Waals surface area contributed by atoms with Crippen LogP contribution in [0.4, 0.5) is 4.79 Å². The molecule has 0 saturated carbocycles. The summed E-state index contributed by atoms with van der Waals surface area (Å²) in [5.41, 5.74) is 2.57. The minimum absolute atomic E-state index is 0.174. The lowest BCUT2D eigenvalue weighted by Gasteiger charge is -2.17. The maximum Gasteiger partial charge on any atom is 0.409 e. The average molecular weight is 411 g/mol. The third-order valence-corrected chi connectivity index (χ3v) is 5.19. The van der Waals surface area contributed by atoms with Gasteiger partial charge in [-0.2, -0.15) is 0 Å². The summed E-state index contributed by atoms with van der Waals surface area (Å²) in [5.74, 6) is 0.900. The summed E-state index contributed by atoms with van der Waals surface area (Å²) in [6, 6.07) is 15.6. The number of amides is 2. The van der Waals surface area contributed by atoms with Gasteiger partial charge in [-0.1, -0.05) is 50.2 Å². The van der Waals surface area contributed by atoms with Crippen molar-refractivity contribution in [2.45, 2.75) is 20.3 Å². The Kier molecular flexibility index (Phi) is 7.33. The number of carbonyl (C=O) groups excluding carboxylic acids is 2. The van der Waals surface area contributed by atoms with E-state index in [0.717, 1.165) is 17.5 Å². The number of hydrogen-bond acceptors (Lipinski definition) is 4. The molecule has 1 N–H and O–H groups in total. The van der Waals surface area contributed by atoms with Gasteiger partial charge in [0.25, 0.3) is 5.91 Å². The van der Waals surface area contributed by atoms with Crippen LogP contribution in [0.3, 0.4) is 0 Å². The van der Waals surface area contributed by atoms with Crippen LogP contribution >= 0.6 is 0 Å². The summed E-state index contributed by atoms with van der Waals surface area (Å²) in [4.78, 5) is 26.5. The predicted molar refractivity (Wildman–Crippen MR) is 117 cm³/mol. The Hall–Kier alpha value is -3.02. The molecule has 1 atom stereocenters. The largest absolute Gasteiger partial charge is 0.496 e. The molecule has 0 radical (unpaired) electrons. The fourth-order valence-electron chi connectivity index (χ4n) is 3.52. The number of nitrogens with one attached hydrogen (secondary N) is 1. The zero-order chi connectivity index (χ0) is 21.5. The summed E-state index contributed by atoms with van der Waals surface area (Å²) in [6.07, 6.45) is 0.580. The van der Waals surface area contributed by atoms with Gasteiger partial charge in [-0.3, -0.25) is 4.79 Å². The van der Waals surface area contributed by atoms with Gasteiger partial charge in [-0.25, -0.2) is 4.79 Å². The van der Waals surface area contributed by atoms with E-state index in [9.17, 15) is 9.59 Å². The molecule has 1 aliphatic rings. The standard InChI is InChI=1S/C24H30N2O4/c1-17(2)16-30-24(28)26-12-11-18(15-26)14-25-23(27)21-10-9-20(13-22(21)29-3)19-7-5-4-6-8-19/h4-10,13,17-18H,11-12,14-16H2,1-3H3,(H,25,27). The van der Waals surface area contributed by atoms with E-state index in [4.69, 9.17) is 9.47 Å². The van der Waals surface area contributed by atoms with Crippen LogP contribution in [0.25, 0.3) is 11.1 Å². The van der Waals surface area contributed by atoms with Crippen molar-refractivity contribution in [3.8, 4) is 16.9 Å². The molecule has 1 saturated heterocycles. The van der Waals surface area contributed by atoms with Crippen LogP contribution in [0.15, 0.2) is 48.5 Å². The quantitative estimate of drug-likeness (QED) is 0.743. The van der Waals surface area contributed by atoms with Crippen molar-refractivity contribution in [1.82, 2.24) is 10.2 Å². The molecular formula is C24H30N2O4. The van der Waals surface area contributed by atoms with Crippen molar-refractivity contribution >= 4 is 12.0 Å². The number of nitrogens with zero attached hydrogens (tertiary/aromatic N) is 1. The first-order valence-electron chi connectivity index (χ1n) is 10.4. The van der Waals surface area contributed by atoms with E-state index in [1.165, 1.54) is 0 Å². The highest BCUT2D eigenvalue weighted by atomic mass is 16.6. The summed E-state index contributed by atoms with van der Waals surface area (Å²) >= 11 is 0. The second-order valence-corrected chi connectivity index (χ2v) is 8.06. The first-order valence-corrected chi connectivity index (χ1v) is 10.4. The van der Waals surface area contributed by atoms with Gasteiger partial charge in [0.15, 0.2) is 0 Å². The predicted octanol–water partition coefficient (Wildman–Crippen LogP) is 4.21. The molecular weight excluding hydrogens is 380 g/mol. The molecule has 0 aliphatic carbocycles. The van der Waals surface area contributed by atoms with E-state index in [1.54, 1.807) is 18.1 Å². The van der Waals surface area contributed by atoms with Gasteiger partial charge in [0.2, 0.25) is 0 Å². The Balaban J connectivity index is 1.56. The molecule has 30 heavy (non-hydrogen) atoms. The lowest BCUT2D eigenvalue weighted by Crippen LogP contribution is -2.33. The monoisotopic (exact) mass is 410 g/mol. The number of ether oxygens (including phenoxy) is 2. The summed E-state index contributed by atoms with van der Waals surface area (Å²) in [7, 11) is 1.57. The first-order chi connectivity index (χ1) is 14.5. The molecule has 1 aliphatic heterocycles. The lowest BCUT2D eigenvalue weighted by atomic mass is 10.0. The first kappa shape index (κ1) is 21.7. The maximum absolute atomic E-state index is 12.7. The number of rotatable bonds is 7. The highest BCUT2D eigenvalue weighted by Gasteiger charge is 2.28. The van der Waals surface area contributed by atoms with Crippen LogP contribution in [-0.4, -0.2) is 50.3 Å². The minimum atomic E-state index is -0.268. The van der Waals surface area contributed by atoms with Crippen molar-refractivity contribution in [3.63, 3.8) is 0 Å². The fraction of sp³-hybridized carbons (Fsp3) is 0.417. The van der Waals surface area contributed by atoms with Gasteiger partial charge in [-0.15, -0.1) is 0 Å². The highest BCUT2D eigenvalue weighted by molar-refractivity contribution is 5.97. The second kappa shape index (κ2) is 10.1. The zero-order valence-electron chi connectivity index (χ0n) is 17.9. The van der Waals surface area contributed by atoms with Crippen molar-refractivity contribution in [2.24, 2.45) is 11.8 Å². The second-order valence-electron chi connectivity index (χ2n) is 8.06. The SMILES string of the molecule is COc1cc(-c2ccccc2)ccc1C(=O)NCC1CCN(C(=O)OCC(C)C)C1. The van der Waals surface area contributed by atoms with E-state index in [-0.39, 0.29) is 17.9 Å². The molecule has 0 bridgehead atoms. The molecule has 1 heterocycles. The minimum Gasteiger partial charge on any atom is -0.496 e. The normalized spacial score (nSPS) is 15.9. The average Bonchev–Trinajstić information content (AvgIpc) is 3.25. The molecule has 0 aromatic heterocycles. The molecule has 6 heteroatoms. The van der Waals surface area contributed by atoms with Gasteiger partial charge in [0, 0.05) is 19.6 Å². The van der Waals surface area contributed by atoms with Crippen molar-refractivity contribution in [1.29, 1.82) is 0 Å². The Morgan fingerprint density at radius 1 is 1.13 bits per heavy atom. The molecule has 0 spiro atoms. The molecule has 160 valence electrons. The third kappa shape index (κ3) is 5.53. The summed E-state index contributed by atoms with van der Waals surface area (Å²) in [6.45, 7) is 6.21. The van der Waals surface area contributed by atoms with Crippen molar-refractivity contribution in [3.05, 3.63) is 54.1 Å². The van der Waals surface area contributed by atoms with Gasteiger partial charge in [-0.05, 0) is 41.5 Å². The number of methoxy groups -OCH3 is 1. The number of hydrogen-bond donors (Lipinski definition) is 1. The van der Waals surface area contributed by atoms with E-state index >= 15 is 0 Å². The third-order valence-electron chi connectivity index (χ3n) is 5.19. The smallest absolute Gasteiger partial charge is 0.409 e. The molecule has 2 aromatic carbocycles. The Morgan fingerprint density at radius 3 is 2.60 bits per heavy atom. The number of carbonyl (C=O) groups is 2.